The van der Waals surface area contributed by atoms with Gasteiger partial charge in [-0.3, -0.25) is 9.69 Å². The Labute approximate surface area is 235 Å². The Hall–Kier alpha value is -4.42. The molecule has 40 heavy (non-hydrogen) atoms. The lowest BCUT2D eigenvalue weighted by Crippen LogP contribution is -2.47. The van der Waals surface area contributed by atoms with Crippen molar-refractivity contribution in [2.24, 2.45) is 0 Å². The van der Waals surface area contributed by atoms with Gasteiger partial charge in [0, 0.05) is 56.1 Å². The van der Waals surface area contributed by atoms with Crippen LogP contribution < -0.4 is 10.2 Å². The van der Waals surface area contributed by atoms with Crippen molar-refractivity contribution in [1.82, 2.24) is 19.8 Å². The first kappa shape index (κ1) is 25.8. The van der Waals surface area contributed by atoms with E-state index in [1.807, 2.05) is 48.5 Å². The summed E-state index contributed by atoms with van der Waals surface area (Å²) in [6, 6.07) is 37.1. The van der Waals surface area contributed by atoms with E-state index in [1.165, 1.54) is 11.3 Å². The van der Waals surface area contributed by atoms with E-state index in [2.05, 4.69) is 80.3 Å². The number of imidazole rings is 1. The second kappa shape index (κ2) is 12.2. The van der Waals surface area contributed by atoms with Gasteiger partial charge in [-0.25, -0.2) is 4.98 Å². The van der Waals surface area contributed by atoms with Crippen LogP contribution in [0.2, 0.25) is 0 Å². The number of rotatable bonds is 9. The minimum absolute atomic E-state index is 0.0294. The average molecular weight is 530 g/mol. The molecule has 0 atom stereocenters. The average Bonchev–Trinajstić information content (AvgIpc) is 3.38. The zero-order valence-electron chi connectivity index (χ0n) is 22.7. The van der Waals surface area contributed by atoms with Gasteiger partial charge in [0.2, 0.25) is 0 Å². The molecule has 6 heteroatoms. The predicted molar refractivity (Wildman–Crippen MR) is 163 cm³/mol. The van der Waals surface area contributed by atoms with Crippen molar-refractivity contribution in [1.29, 1.82) is 0 Å². The molecule has 1 N–H and O–H groups in total. The minimum Gasteiger partial charge on any atom is -0.369 e. The molecule has 6 rings (SSSR count). The predicted octanol–water partition coefficient (Wildman–Crippen LogP) is 5.69. The topological polar surface area (TPSA) is 53.4 Å². The molecule has 0 radical (unpaired) electrons. The van der Waals surface area contributed by atoms with Crippen LogP contribution in [0.25, 0.3) is 22.4 Å². The van der Waals surface area contributed by atoms with Gasteiger partial charge in [-0.2, -0.15) is 0 Å². The maximum Gasteiger partial charge on any atom is 0.251 e. The first-order chi connectivity index (χ1) is 19.7. The van der Waals surface area contributed by atoms with Crippen molar-refractivity contribution in [3.05, 3.63) is 120 Å². The van der Waals surface area contributed by atoms with Crippen LogP contribution in [0.5, 0.6) is 0 Å². The zero-order valence-corrected chi connectivity index (χ0v) is 22.7. The lowest BCUT2D eigenvalue weighted by atomic mass is 10.1. The Morgan fingerprint density at radius 1 is 0.750 bits per heavy atom. The molecule has 1 aliphatic heterocycles. The van der Waals surface area contributed by atoms with Gasteiger partial charge < -0.3 is 14.8 Å². The zero-order chi connectivity index (χ0) is 27.1. The first-order valence-electron chi connectivity index (χ1n) is 14.1. The second-order valence-corrected chi connectivity index (χ2v) is 10.3. The third-order valence-electron chi connectivity index (χ3n) is 7.67. The summed E-state index contributed by atoms with van der Waals surface area (Å²) in [4.78, 5) is 22.7. The monoisotopic (exact) mass is 529 g/mol. The highest BCUT2D eigenvalue weighted by atomic mass is 16.1. The van der Waals surface area contributed by atoms with Crippen LogP contribution in [-0.2, 0) is 6.54 Å². The number of hydrogen-bond donors (Lipinski definition) is 1. The molecule has 4 aromatic carbocycles. The van der Waals surface area contributed by atoms with Crippen LogP contribution in [0, 0.1) is 0 Å². The maximum absolute atomic E-state index is 12.8. The number of carbonyl (C=O) groups is 1. The number of aromatic nitrogens is 2. The van der Waals surface area contributed by atoms with Crippen molar-refractivity contribution in [2.75, 3.05) is 44.2 Å². The van der Waals surface area contributed by atoms with Crippen molar-refractivity contribution in [3.63, 3.8) is 0 Å². The van der Waals surface area contributed by atoms with Gasteiger partial charge in [-0.15, -0.1) is 0 Å². The molecule has 1 amide bonds. The SMILES string of the molecule is O=C(NCCCN1CCN(c2ccccc2)CC1)c1ccc(-c2nc3ccccc3n2Cc2ccccc2)cc1. The number of amides is 1. The molecule has 1 saturated heterocycles. The Balaban J connectivity index is 1.03. The van der Waals surface area contributed by atoms with Gasteiger partial charge in [0.15, 0.2) is 0 Å². The van der Waals surface area contributed by atoms with E-state index in [-0.39, 0.29) is 5.91 Å². The summed E-state index contributed by atoms with van der Waals surface area (Å²) in [7, 11) is 0. The molecule has 0 spiro atoms. The van der Waals surface area contributed by atoms with Gasteiger partial charge in [0.1, 0.15) is 5.82 Å². The molecule has 1 fully saturated rings. The van der Waals surface area contributed by atoms with Gasteiger partial charge >= 0.3 is 0 Å². The van der Waals surface area contributed by atoms with Crippen molar-refractivity contribution < 1.29 is 4.79 Å². The van der Waals surface area contributed by atoms with Gasteiger partial charge in [-0.1, -0.05) is 72.8 Å². The lowest BCUT2D eigenvalue weighted by molar-refractivity contribution is 0.0951. The molecule has 0 saturated carbocycles. The molecule has 0 bridgehead atoms. The number of anilines is 1. The van der Waals surface area contributed by atoms with E-state index < -0.39 is 0 Å². The highest BCUT2D eigenvalue weighted by Gasteiger charge is 2.17. The number of nitrogens with zero attached hydrogens (tertiary/aromatic N) is 4. The van der Waals surface area contributed by atoms with Gasteiger partial charge in [-0.05, 0) is 54.9 Å². The highest BCUT2D eigenvalue weighted by molar-refractivity contribution is 5.94. The van der Waals surface area contributed by atoms with Crippen LogP contribution >= 0.6 is 0 Å². The Morgan fingerprint density at radius 2 is 1.43 bits per heavy atom. The van der Waals surface area contributed by atoms with E-state index in [9.17, 15) is 4.79 Å². The minimum atomic E-state index is -0.0294. The molecule has 6 nitrogen and oxygen atoms in total. The molecule has 0 aliphatic carbocycles. The quantitative estimate of drug-likeness (QED) is 0.249. The Bertz CT molecular complexity index is 1540. The number of fused-ring (bicyclic) bond motifs is 1. The summed E-state index contributed by atoms with van der Waals surface area (Å²) in [6.45, 7) is 6.61. The number of benzene rings is 4. The van der Waals surface area contributed by atoms with E-state index >= 15 is 0 Å². The standard InChI is InChI=1S/C34H35N5O/c40-34(35-20-9-21-37-22-24-38(25-23-37)30-12-5-2-6-13-30)29-18-16-28(17-19-29)33-36-31-14-7-8-15-32(31)39(33)26-27-10-3-1-4-11-27/h1-8,10-19H,9,20-26H2,(H,35,40). The molecule has 1 aliphatic rings. The molecular weight excluding hydrogens is 494 g/mol. The summed E-state index contributed by atoms with van der Waals surface area (Å²) < 4.78 is 2.25. The Morgan fingerprint density at radius 3 is 2.17 bits per heavy atom. The van der Waals surface area contributed by atoms with Crippen molar-refractivity contribution in [2.45, 2.75) is 13.0 Å². The largest absolute Gasteiger partial charge is 0.369 e. The van der Waals surface area contributed by atoms with Crippen LogP contribution in [0.3, 0.4) is 0 Å². The van der Waals surface area contributed by atoms with E-state index in [0.717, 1.165) is 68.1 Å². The fraction of sp³-hybridized carbons (Fsp3) is 0.235. The van der Waals surface area contributed by atoms with Crippen molar-refractivity contribution in [3.8, 4) is 11.4 Å². The second-order valence-electron chi connectivity index (χ2n) is 10.3. The molecule has 0 unspecified atom stereocenters. The lowest BCUT2D eigenvalue weighted by Gasteiger charge is -2.36. The molecule has 2 heterocycles. The number of para-hydroxylation sites is 3. The maximum atomic E-state index is 12.8. The summed E-state index contributed by atoms with van der Waals surface area (Å²) in [5, 5.41) is 3.10. The summed E-state index contributed by atoms with van der Waals surface area (Å²) in [6.07, 6.45) is 0.943. The third-order valence-corrected chi connectivity index (χ3v) is 7.67. The summed E-state index contributed by atoms with van der Waals surface area (Å²) >= 11 is 0. The highest BCUT2D eigenvalue weighted by Crippen LogP contribution is 2.26. The smallest absolute Gasteiger partial charge is 0.251 e. The van der Waals surface area contributed by atoms with Gasteiger partial charge in [0.25, 0.3) is 5.91 Å². The van der Waals surface area contributed by atoms with E-state index in [4.69, 9.17) is 4.98 Å². The first-order valence-corrected chi connectivity index (χ1v) is 14.1. The molecule has 1 aromatic heterocycles. The fourth-order valence-electron chi connectivity index (χ4n) is 5.47. The third kappa shape index (κ3) is 5.92. The fourth-order valence-corrected chi connectivity index (χ4v) is 5.47. The number of carbonyl (C=O) groups excluding carboxylic acids is 1. The van der Waals surface area contributed by atoms with Gasteiger partial charge in [0.05, 0.1) is 11.0 Å². The van der Waals surface area contributed by atoms with Crippen LogP contribution in [0.4, 0.5) is 5.69 Å². The normalized spacial score (nSPS) is 13.9. The summed E-state index contributed by atoms with van der Waals surface area (Å²) in [5.74, 6) is 0.877. The summed E-state index contributed by atoms with van der Waals surface area (Å²) in [5.41, 5.74) is 6.26. The van der Waals surface area contributed by atoms with E-state index in [0.29, 0.717) is 12.1 Å². The molecule has 202 valence electrons. The van der Waals surface area contributed by atoms with E-state index in [1.54, 1.807) is 0 Å². The van der Waals surface area contributed by atoms with Crippen LogP contribution in [0.1, 0.15) is 22.3 Å². The van der Waals surface area contributed by atoms with Crippen LogP contribution in [0.15, 0.2) is 109 Å². The molecular formula is C34H35N5O. The van der Waals surface area contributed by atoms with Crippen molar-refractivity contribution >= 4 is 22.6 Å². The number of nitrogens with one attached hydrogen (secondary N) is 1. The van der Waals surface area contributed by atoms with Crippen LogP contribution in [-0.4, -0.2) is 59.6 Å². The Kier molecular flexibility index (Phi) is 7.87. The number of piperazine rings is 1. The molecule has 5 aromatic rings. The number of hydrogen-bond acceptors (Lipinski definition) is 4.